The van der Waals surface area contributed by atoms with Gasteiger partial charge < -0.3 is 25.0 Å². The summed E-state index contributed by atoms with van der Waals surface area (Å²) in [4.78, 5) is 16.2. The highest BCUT2D eigenvalue weighted by Gasteiger charge is 2.35. The number of rotatable bonds is 7. The van der Waals surface area contributed by atoms with Crippen LogP contribution in [0.25, 0.3) is 6.08 Å². The molecule has 0 spiro atoms. The second-order valence-electron chi connectivity index (χ2n) is 6.88. The lowest BCUT2D eigenvalue weighted by molar-refractivity contribution is -0.138. The van der Waals surface area contributed by atoms with Crippen LogP contribution in [0.4, 0.5) is 13.2 Å². The molecule has 0 saturated carbocycles. The third-order valence-electron chi connectivity index (χ3n) is 4.44. The topological polar surface area (TPSA) is 124 Å². The summed E-state index contributed by atoms with van der Waals surface area (Å²) in [6, 6.07) is 9.04. The molecule has 0 aliphatic carbocycles. The minimum Gasteiger partial charge on any atom is -0.493 e. The molecule has 0 saturated heterocycles. The highest BCUT2D eigenvalue weighted by Crippen LogP contribution is 2.41. The van der Waals surface area contributed by atoms with Gasteiger partial charge >= 0.3 is 6.18 Å². The maximum absolute atomic E-state index is 13.4. The van der Waals surface area contributed by atoms with E-state index < -0.39 is 36.1 Å². The molecule has 0 bridgehead atoms. The fourth-order valence-corrected chi connectivity index (χ4v) is 3.61. The number of aliphatic hydroxyl groups is 2. The number of carbonyl (C=O) groups is 1. The number of thioether (sulfide) groups is 1. The first-order chi connectivity index (χ1) is 16.1. The molecule has 0 aromatic heterocycles. The number of nitrogens with zero attached hydrogens (tertiary/aromatic N) is 2. The largest absolute Gasteiger partial charge is 0.493 e. The molecule has 1 atom stereocenters. The van der Waals surface area contributed by atoms with Crippen molar-refractivity contribution in [2.45, 2.75) is 12.3 Å². The van der Waals surface area contributed by atoms with Crippen LogP contribution in [-0.4, -0.2) is 47.7 Å². The van der Waals surface area contributed by atoms with Crippen LogP contribution < -0.4 is 14.8 Å². The molecule has 0 unspecified atom stereocenters. The van der Waals surface area contributed by atoms with Crippen LogP contribution in [0, 0.1) is 11.3 Å². The van der Waals surface area contributed by atoms with Gasteiger partial charge in [-0.3, -0.25) is 4.79 Å². The van der Waals surface area contributed by atoms with Gasteiger partial charge in [0.05, 0.1) is 41.9 Å². The SMILES string of the molecule is COc1cc(C=C2SC(NC[C@@H](O)CO)=NC2=O)ccc1Oc1ccc(C#N)cc1C(F)(F)F. The lowest BCUT2D eigenvalue weighted by Gasteiger charge is -2.16. The van der Waals surface area contributed by atoms with Crippen LogP contribution in [0.3, 0.4) is 0 Å². The highest BCUT2D eigenvalue weighted by atomic mass is 32.2. The average Bonchev–Trinajstić information content (AvgIpc) is 3.16. The Kier molecular flexibility index (Phi) is 7.83. The summed E-state index contributed by atoms with van der Waals surface area (Å²) < 4.78 is 51.0. The van der Waals surface area contributed by atoms with Gasteiger partial charge in [0.1, 0.15) is 5.75 Å². The van der Waals surface area contributed by atoms with Crippen LogP contribution >= 0.6 is 11.8 Å². The number of amides is 1. The molecule has 34 heavy (non-hydrogen) atoms. The minimum atomic E-state index is -4.74. The number of halogens is 3. The van der Waals surface area contributed by atoms with Gasteiger partial charge in [-0.25, -0.2) is 0 Å². The maximum Gasteiger partial charge on any atom is 0.420 e. The van der Waals surface area contributed by atoms with E-state index in [1.807, 2.05) is 0 Å². The summed E-state index contributed by atoms with van der Waals surface area (Å²) in [7, 11) is 1.32. The maximum atomic E-state index is 13.4. The van der Waals surface area contributed by atoms with Gasteiger partial charge in [0.2, 0.25) is 0 Å². The number of nitrogens with one attached hydrogen (secondary N) is 1. The molecule has 1 aliphatic heterocycles. The van der Waals surface area contributed by atoms with Crippen molar-refractivity contribution in [2.24, 2.45) is 4.99 Å². The fourth-order valence-electron chi connectivity index (χ4n) is 2.79. The molecule has 1 aliphatic rings. The van der Waals surface area contributed by atoms with Crippen molar-refractivity contribution >= 4 is 28.9 Å². The standard InChI is InChI=1S/C22H18F3N3O5S/c1-32-18-7-12(8-19-20(31)28-21(34-19)27-10-14(30)11-29)2-5-17(18)33-16-4-3-13(9-26)6-15(16)22(23,24)25/h2-8,14,29-30H,10-11H2,1H3,(H,27,28,31)/t14-/m1/s1. The summed E-state index contributed by atoms with van der Waals surface area (Å²) in [6.07, 6.45) is -4.22. The molecule has 0 fully saturated rings. The number of benzene rings is 2. The number of ether oxygens (including phenoxy) is 2. The molecule has 8 nitrogen and oxygen atoms in total. The summed E-state index contributed by atoms with van der Waals surface area (Å²) >= 11 is 1.03. The van der Waals surface area contributed by atoms with Gasteiger partial charge in [0.15, 0.2) is 16.7 Å². The third kappa shape index (κ3) is 6.07. The number of hydrogen-bond acceptors (Lipinski definition) is 8. The van der Waals surface area contributed by atoms with Crippen molar-refractivity contribution < 1.29 is 37.7 Å². The van der Waals surface area contributed by atoms with Crippen molar-refractivity contribution in [1.82, 2.24) is 5.32 Å². The van der Waals surface area contributed by atoms with Gasteiger partial charge in [-0.15, -0.1) is 0 Å². The quantitative estimate of drug-likeness (QED) is 0.502. The second kappa shape index (κ2) is 10.6. The van der Waals surface area contributed by atoms with Crippen molar-refractivity contribution in [2.75, 3.05) is 20.3 Å². The average molecular weight is 493 g/mol. The zero-order valence-electron chi connectivity index (χ0n) is 17.6. The van der Waals surface area contributed by atoms with Crippen molar-refractivity contribution in [3.8, 4) is 23.3 Å². The van der Waals surface area contributed by atoms with Gasteiger partial charge in [-0.2, -0.15) is 23.4 Å². The summed E-state index contributed by atoms with van der Waals surface area (Å²) in [5.41, 5.74) is -0.756. The van der Waals surface area contributed by atoms with E-state index >= 15 is 0 Å². The zero-order chi connectivity index (χ0) is 24.9. The zero-order valence-corrected chi connectivity index (χ0v) is 18.4. The lowest BCUT2D eigenvalue weighted by atomic mass is 10.1. The molecule has 0 radical (unpaired) electrons. The number of nitriles is 1. The van der Waals surface area contributed by atoms with Crippen LogP contribution in [0.1, 0.15) is 16.7 Å². The van der Waals surface area contributed by atoms with Crippen LogP contribution in [0.5, 0.6) is 17.2 Å². The summed E-state index contributed by atoms with van der Waals surface area (Å²) in [5.74, 6) is -0.890. The van der Waals surface area contributed by atoms with E-state index in [4.69, 9.17) is 19.8 Å². The Bertz CT molecular complexity index is 1190. The normalized spacial score (nSPS) is 15.6. The Morgan fingerprint density at radius 1 is 1.24 bits per heavy atom. The number of methoxy groups -OCH3 is 1. The van der Waals surface area contributed by atoms with Crippen molar-refractivity contribution in [3.63, 3.8) is 0 Å². The molecule has 3 N–H and O–H groups in total. The highest BCUT2D eigenvalue weighted by molar-refractivity contribution is 8.18. The molecule has 12 heteroatoms. The van der Waals surface area contributed by atoms with E-state index in [9.17, 15) is 23.1 Å². The fraction of sp³-hybridized carbons (Fsp3) is 0.227. The number of hydrogen-bond donors (Lipinski definition) is 3. The van der Waals surface area contributed by atoms with E-state index in [2.05, 4.69) is 10.3 Å². The number of aliphatic hydroxyl groups excluding tert-OH is 2. The Balaban J connectivity index is 1.82. The first-order valence-corrected chi connectivity index (χ1v) is 10.5. The molecule has 2 aromatic rings. The third-order valence-corrected chi connectivity index (χ3v) is 5.38. The van der Waals surface area contributed by atoms with E-state index in [1.165, 1.54) is 37.5 Å². The van der Waals surface area contributed by atoms with Gasteiger partial charge in [-0.1, -0.05) is 6.07 Å². The predicted molar refractivity (Wildman–Crippen MR) is 118 cm³/mol. The molecular weight excluding hydrogens is 475 g/mol. The molecule has 1 amide bonds. The van der Waals surface area contributed by atoms with E-state index in [0.717, 1.165) is 17.8 Å². The first kappa shape index (κ1) is 25.1. The lowest BCUT2D eigenvalue weighted by Crippen LogP contribution is -2.31. The molecular formula is C22H18F3N3O5S. The van der Waals surface area contributed by atoms with Gasteiger partial charge in [0, 0.05) is 6.54 Å². The van der Waals surface area contributed by atoms with Crippen LogP contribution in [-0.2, 0) is 11.0 Å². The number of amidine groups is 1. The first-order valence-electron chi connectivity index (χ1n) is 9.67. The predicted octanol–water partition coefficient (Wildman–Crippen LogP) is 3.29. The number of carbonyl (C=O) groups excluding carboxylic acids is 1. The molecule has 2 aromatic carbocycles. The Morgan fingerprint density at radius 3 is 2.62 bits per heavy atom. The number of alkyl halides is 3. The minimum absolute atomic E-state index is 0.00172. The van der Waals surface area contributed by atoms with Crippen LogP contribution in [0.2, 0.25) is 0 Å². The van der Waals surface area contributed by atoms with Gasteiger partial charge in [-0.05, 0) is 53.7 Å². The van der Waals surface area contributed by atoms with E-state index in [1.54, 1.807) is 6.07 Å². The molecule has 178 valence electrons. The Hall–Kier alpha value is -3.53. The Labute approximate surface area is 196 Å². The Morgan fingerprint density at radius 2 is 1.97 bits per heavy atom. The molecule has 3 rings (SSSR count). The summed E-state index contributed by atoms with van der Waals surface area (Å²) in [5, 5.41) is 30.1. The number of aliphatic imine (C=N–C) groups is 1. The monoisotopic (exact) mass is 493 g/mol. The van der Waals surface area contributed by atoms with Gasteiger partial charge in [0.25, 0.3) is 5.91 Å². The summed E-state index contributed by atoms with van der Waals surface area (Å²) in [6.45, 7) is -0.430. The smallest absolute Gasteiger partial charge is 0.420 e. The van der Waals surface area contributed by atoms with E-state index in [-0.39, 0.29) is 33.7 Å². The van der Waals surface area contributed by atoms with Crippen molar-refractivity contribution in [1.29, 1.82) is 5.26 Å². The second-order valence-corrected chi connectivity index (χ2v) is 7.91. The molecule has 1 heterocycles. The van der Waals surface area contributed by atoms with Crippen molar-refractivity contribution in [3.05, 3.63) is 58.0 Å². The van der Waals surface area contributed by atoms with Crippen LogP contribution in [0.15, 0.2) is 46.3 Å². The van der Waals surface area contributed by atoms with E-state index in [0.29, 0.717) is 11.6 Å².